The molecule has 0 aliphatic rings. The molecular formula is C41H34O. The Morgan fingerprint density at radius 1 is 0.333 bits per heavy atom. The van der Waals surface area contributed by atoms with Gasteiger partial charge in [0.25, 0.3) is 0 Å². The van der Waals surface area contributed by atoms with Gasteiger partial charge in [0.2, 0.25) is 0 Å². The van der Waals surface area contributed by atoms with Crippen LogP contribution in [0.5, 0.6) is 0 Å². The Morgan fingerprint density at radius 2 is 0.595 bits per heavy atom. The third-order valence-electron chi connectivity index (χ3n) is 8.08. The van der Waals surface area contributed by atoms with Crippen molar-refractivity contribution in [1.82, 2.24) is 0 Å². The monoisotopic (exact) mass is 542 g/mol. The quantitative estimate of drug-likeness (QED) is 0.191. The van der Waals surface area contributed by atoms with E-state index in [1.54, 1.807) is 0 Å². The minimum Gasteiger partial charge on any atom is -0.298 e. The van der Waals surface area contributed by atoms with Crippen LogP contribution in [0, 0.1) is 27.7 Å². The molecule has 6 aromatic carbocycles. The lowest BCUT2D eigenvalue weighted by Crippen LogP contribution is -2.04. The molecule has 0 saturated heterocycles. The minimum absolute atomic E-state index is 0.701. The first kappa shape index (κ1) is 27.2. The minimum atomic E-state index is 0.701. The standard InChI is InChI=1S/C41H34O/c1-27-10-18-32(19-11-27)38-36(26-42)37(31-8-6-5-7-9-31)39(33-20-12-28(2)13-21-33)41(35-24-16-30(4)17-25-35)40(38)34-22-14-29(3)15-23-34/h5-26H,1-4H3. The number of carbonyl (C=O) groups excluding carboxylic acids is 1. The van der Waals surface area contributed by atoms with E-state index in [0.717, 1.165) is 61.9 Å². The van der Waals surface area contributed by atoms with Gasteiger partial charge in [-0.1, -0.05) is 150 Å². The summed E-state index contributed by atoms with van der Waals surface area (Å²) in [6, 6.07) is 45.1. The maximum Gasteiger partial charge on any atom is 0.151 e. The van der Waals surface area contributed by atoms with Crippen molar-refractivity contribution in [2.75, 3.05) is 0 Å². The lowest BCUT2D eigenvalue weighted by Gasteiger charge is -2.27. The molecule has 0 saturated carbocycles. The van der Waals surface area contributed by atoms with Crippen molar-refractivity contribution in [2.24, 2.45) is 0 Å². The molecule has 6 aromatic rings. The lowest BCUT2D eigenvalue weighted by atomic mass is 9.75. The van der Waals surface area contributed by atoms with E-state index >= 15 is 0 Å². The van der Waals surface area contributed by atoms with Crippen molar-refractivity contribution in [3.8, 4) is 55.6 Å². The Kier molecular flexibility index (Phi) is 7.42. The van der Waals surface area contributed by atoms with E-state index in [9.17, 15) is 4.79 Å². The molecule has 0 N–H and O–H groups in total. The second-order valence-corrected chi connectivity index (χ2v) is 11.2. The average Bonchev–Trinajstić information content (AvgIpc) is 3.02. The molecule has 0 heterocycles. The molecule has 0 radical (unpaired) electrons. The number of rotatable bonds is 6. The van der Waals surface area contributed by atoms with E-state index in [-0.39, 0.29) is 0 Å². The zero-order valence-electron chi connectivity index (χ0n) is 24.6. The number of carbonyl (C=O) groups is 1. The van der Waals surface area contributed by atoms with Crippen LogP contribution in [-0.2, 0) is 0 Å². The largest absolute Gasteiger partial charge is 0.298 e. The van der Waals surface area contributed by atoms with Crippen molar-refractivity contribution in [2.45, 2.75) is 27.7 Å². The zero-order valence-corrected chi connectivity index (χ0v) is 24.6. The molecule has 0 fully saturated rings. The zero-order chi connectivity index (χ0) is 29.2. The summed E-state index contributed by atoms with van der Waals surface area (Å²) in [7, 11) is 0. The second kappa shape index (κ2) is 11.5. The number of benzene rings is 6. The van der Waals surface area contributed by atoms with Gasteiger partial charge in [0, 0.05) is 16.7 Å². The third-order valence-corrected chi connectivity index (χ3v) is 8.08. The molecule has 0 amide bonds. The molecule has 6 rings (SSSR count). The molecule has 0 spiro atoms. The molecular weight excluding hydrogens is 508 g/mol. The lowest BCUT2D eigenvalue weighted by molar-refractivity contribution is 0.112. The Labute approximate surface area is 249 Å². The molecule has 0 aliphatic heterocycles. The molecule has 204 valence electrons. The normalized spacial score (nSPS) is 11.0. The van der Waals surface area contributed by atoms with Gasteiger partial charge in [-0.05, 0) is 72.2 Å². The van der Waals surface area contributed by atoms with Gasteiger partial charge in [0.05, 0.1) is 0 Å². The molecule has 0 atom stereocenters. The van der Waals surface area contributed by atoms with Gasteiger partial charge < -0.3 is 0 Å². The van der Waals surface area contributed by atoms with Gasteiger partial charge in [0.15, 0.2) is 6.29 Å². The summed E-state index contributed by atoms with van der Waals surface area (Å²) in [6.45, 7) is 8.43. The average molecular weight is 543 g/mol. The van der Waals surface area contributed by atoms with Gasteiger partial charge >= 0.3 is 0 Å². The van der Waals surface area contributed by atoms with E-state index < -0.39 is 0 Å². The van der Waals surface area contributed by atoms with Crippen molar-refractivity contribution < 1.29 is 4.79 Å². The van der Waals surface area contributed by atoms with Gasteiger partial charge in [-0.25, -0.2) is 0 Å². The summed E-state index contributed by atoms with van der Waals surface area (Å²) < 4.78 is 0. The summed E-state index contributed by atoms with van der Waals surface area (Å²) in [4.78, 5) is 13.4. The smallest absolute Gasteiger partial charge is 0.151 e. The summed E-state index contributed by atoms with van der Waals surface area (Å²) in [5, 5.41) is 0. The van der Waals surface area contributed by atoms with Gasteiger partial charge in [0.1, 0.15) is 0 Å². The van der Waals surface area contributed by atoms with E-state index in [4.69, 9.17) is 0 Å². The second-order valence-electron chi connectivity index (χ2n) is 11.2. The van der Waals surface area contributed by atoms with Gasteiger partial charge in [-0.15, -0.1) is 0 Å². The Balaban J connectivity index is 1.91. The first-order valence-electron chi connectivity index (χ1n) is 14.5. The topological polar surface area (TPSA) is 17.1 Å². The first-order valence-corrected chi connectivity index (χ1v) is 14.5. The maximum absolute atomic E-state index is 13.4. The molecule has 1 heteroatoms. The van der Waals surface area contributed by atoms with Crippen LogP contribution in [0.2, 0.25) is 0 Å². The highest BCUT2D eigenvalue weighted by molar-refractivity contribution is 6.14. The van der Waals surface area contributed by atoms with Crippen LogP contribution in [-0.4, -0.2) is 6.29 Å². The van der Waals surface area contributed by atoms with E-state index in [0.29, 0.717) is 5.56 Å². The van der Waals surface area contributed by atoms with Crippen molar-refractivity contribution in [3.63, 3.8) is 0 Å². The van der Waals surface area contributed by atoms with Gasteiger partial charge in [-0.2, -0.15) is 0 Å². The van der Waals surface area contributed by atoms with Crippen LogP contribution >= 0.6 is 0 Å². The van der Waals surface area contributed by atoms with E-state index in [1.807, 2.05) is 18.2 Å². The first-order chi connectivity index (χ1) is 20.4. The number of aryl methyl sites for hydroxylation is 4. The maximum atomic E-state index is 13.4. The Bertz CT molecular complexity index is 1860. The van der Waals surface area contributed by atoms with Crippen LogP contribution in [0.3, 0.4) is 0 Å². The van der Waals surface area contributed by atoms with Crippen molar-refractivity contribution in [1.29, 1.82) is 0 Å². The van der Waals surface area contributed by atoms with Crippen LogP contribution < -0.4 is 0 Å². The Morgan fingerprint density at radius 3 is 0.905 bits per heavy atom. The predicted octanol–water partition coefficient (Wildman–Crippen LogP) is 11.1. The molecule has 0 aliphatic carbocycles. The highest BCUT2D eigenvalue weighted by Gasteiger charge is 2.28. The summed E-state index contributed by atoms with van der Waals surface area (Å²) in [6.07, 6.45) is 1.06. The van der Waals surface area contributed by atoms with Crippen LogP contribution in [0.25, 0.3) is 55.6 Å². The number of hydrogen-bond acceptors (Lipinski definition) is 1. The predicted molar refractivity (Wildman–Crippen MR) is 178 cm³/mol. The number of hydrogen-bond donors (Lipinski definition) is 0. The molecule has 0 unspecified atom stereocenters. The summed E-state index contributed by atoms with van der Waals surface area (Å²) >= 11 is 0. The SMILES string of the molecule is Cc1ccc(-c2c(C=O)c(-c3ccccc3)c(-c3ccc(C)cc3)c(-c3ccc(C)cc3)c2-c2ccc(C)cc2)cc1. The molecule has 0 aromatic heterocycles. The molecule has 0 bridgehead atoms. The van der Waals surface area contributed by atoms with Crippen molar-refractivity contribution in [3.05, 3.63) is 155 Å². The van der Waals surface area contributed by atoms with Crippen molar-refractivity contribution >= 4 is 6.29 Å². The van der Waals surface area contributed by atoms with E-state index in [1.165, 1.54) is 22.3 Å². The highest BCUT2D eigenvalue weighted by atomic mass is 16.1. The fourth-order valence-electron chi connectivity index (χ4n) is 5.84. The number of aldehydes is 1. The molecule has 1 nitrogen and oxygen atoms in total. The Hall–Kier alpha value is -5.01. The van der Waals surface area contributed by atoms with Crippen LogP contribution in [0.1, 0.15) is 32.6 Å². The van der Waals surface area contributed by atoms with Gasteiger partial charge in [-0.3, -0.25) is 4.79 Å². The van der Waals surface area contributed by atoms with Crippen LogP contribution in [0.15, 0.2) is 127 Å². The summed E-state index contributed by atoms with van der Waals surface area (Å²) in [5.41, 5.74) is 16.0. The van der Waals surface area contributed by atoms with E-state index in [2.05, 4.69) is 137 Å². The summed E-state index contributed by atoms with van der Waals surface area (Å²) in [5.74, 6) is 0. The third kappa shape index (κ3) is 5.10. The molecule has 42 heavy (non-hydrogen) atoms. The highest BCUT2D eigenvalue weighted by Crippen LogP contribution is 2.52. The van der Waals surface area contributed by atoms with Crippen LogP contribution in [0.4, 0.5) is 0 Å². The fraction of sp³-hybridized carbons (Fsp3) is 0.0976. The fourth-order valence-corrected chi connectivity index (χ4v) is 5.84.